The Labute approximate surface area is 171 Å². The third-order valence-corrected chi connectivity index (χ3v) is 4.98. The van der Waals surface area contributed by atoms with Crippen molar-refractivity contribution in [3.8, 4) is 0 Å². The fourth-order valence-corrected chi connectivity index (χ4v) is 3.38. The minimum Gasteiger partial charge on any atom is -0.339 e. The fourth-order valence-electron chi connectivity index (χ4n) is 3.38. The summed E-state index contributed by atoms with van der Waals surface area (Å²) in [6.07, 6.45) is 5.36. The molecule has 1 fully saturated rings. The molecule has 2 amide bonds. The second-order valence-corrected chi connectivity index (χ2v) is 7.63. The molecule has 2 heterocycles. The van der Waals surface area contributed by atoms with E-state index in [-0.39, 0.29) is 17.9 Å². The van der Waals surface area contributed by atoms with Crippen molar-refractivity contribution in [3.05, 3.63) is 54.1 Å². The average Bonchev–Trinajstić information content (AvgIpc) is 2.73. The maximum absolute atomic E-state index is 13.2. The summed E-state index contributed by atoms with van der Waals surface area (Å²) >= 11 is 0. The lowest BCUT2D eigenvalue weighted by Gasteiger charge is -2.34. The molecule has 0 saturated carbocycles. The molecule has 1 N–H and O–H groups in total. The van der Waals surface area contributed by atoms with Crippen LogP contribution in [0.15, 0.2) is 42.7 Å². The highest BCUT2D eigenvalue weighted by atomic mass is 19.1. The molecule has 156 valence electrons. The predicted octanol–water partition coefficient (Wildman–Crippen LogP) is 2.36. The zero-order valence-corrected chi connectivity index (χ0v) is 17.1. The van der Waals surface area contributed by atoms with Gasteiger partial charge >= 0.3 is 6.03 Å². The molecule has 0 bridgehead atoms. The van der Waals surface area contributed by atoms with Crippen molar-refractivity contribution in [1.29, 1.82) is 0 Å². The molecule has 1 aromatic heterocycles. The van der Waals surface area contributed by atoms with Crippen LogP contribution in [0.5, 0.6) is 0 Å². The number of nitrogens with zero attached hydrogens (tertiary/aromatic N) is 5. The summed E-state index contributed by atoms with van der Waals surface area (Å²) in [4.78, 5) is 27.6. The van der Waals surface area contributed by atoms with Crippen molar-refractivity contribution >= 4 is 12.0 Å². The van der Waals surface area contributed by atoms with Crippen molar-refractivity contribution in [2.24, 2.45) is 0 Å². The predicted molar refractivity (Wildman–Crippen MR) is 111 cm³/mol. The molecule has 2 aromatic rings. The van der Waals surface area contributed by atoms with Gasteiger partial charge in [0.1, 0.15) is 5.82 Å². The summed E-state index contributed by atoms with van der Waals surface area (Å²) in [5.41, 5.74) is 0.906. The lowest BCUT2D eigenvalue weighted by Crippen LogP contribution is -2.52. The molecule has 0 unspecified atom stereocenters. The van der Waals surface area contributed by atoms with Crippen LogP contribution >= 0.6 is 0 Å². The van der Waals surface area contributed by atoms with Crippen LogP contribution in [-0.2, 0) is 6.54 Å². The molecular formula is C21H29FN6O. The molecule has 1 atom stereocenters. The van der Waals surface area contributed by atoms with E-state index < -0.39 is 0 Å². The Bertz CT molecular complexity index is 771. The van der Waals surface area contributed by atoms with E-state index in [1.807, 2.05) is 19.0 Å². The highest BCUT2D eigenvalue weighted by molar-refractivity contribution is 5.74. The van der Waals surface area contributed by atoms with Gasteiger partial charge in [0, 0.05) is 51.2 Å². The number of carbonyl (C=O) groups excluding carboxylic acids is 1. The zero-order valence-electron chi connectivity index (χ0n) is 17.1. The third kappa shape index (κ3) is 6.39. The first-order chi connectivity index (χ1) is 14.0. The Morgan fingerprint density at radius 1 is 1.21 bits per heavy atom. The van der Waals surface area contributed by atoms with Crippen molar-refractivity contribution in [3.63, 3.8) is 0 Å². The normalized spacial score (nSPS) is 16.7. The van der Waals surface area contributed by atoms with Crippen LogP contribution in [-0.4, -0.2) is 72.1 Å². The first kappa shape index (κ1) is 21.0. The fraction of sp³-hybridized carbons (Fsp3) is 0.476. The van der Waals surface area contributed by atoms with Crippen molar-refractivity contribution < 1.29 is 9.18 Å². The number of nitrogens with one attached hydrogen (secondary N) is 1. The topological polar surface area (TPSA) is 64.6 Å². The average molecular weight is 401 g/mol. The molecule has 3 rings (SSSR count). The van der Waals surface area contributed by atoms with Crippen LogP contribution in [0.3, 0.4) is 0 Å². The number of likely N-dealkylation sites (N-methyl/N-ethyl adjacent to an activating group) is 1. The Kier molecular flexibility index (Phi) is 7.35. The van der Waals surface area contributed by atoms with E-state index in [0.717, 1.165) is 31.5 Å². The van der Waals surface area contributed by atoms with Gasteiger partial charge in [0.2, 0.25) is 5.95 Å². The number of hydrogen-bond acceptors (Lipinski definition) is 5. The standard InChI is InChI=1S/C21H29FN6O/c1-26(2)13-14-28(15-17-6-8-18(22)9-7-17)21(29)25-19-5-3-12-27(16-19)20-23-10-4-11-24-20/h4,6-11,19H,3,5,12-16H2,1-2H3,(H,25,29)/t19-/m1/s1. The van der Waals surface area contributed by atoms with Crippen molar-refractivity contribution in [2.45, 2.75) is 25.4 Å². The maximum atomic E-state index is 13.2. The van der Waals surface area contributed by atoms with E-state index in [4.69, 9.17) is 0 Å². The highest BCUT2D eigenvalue weighted by Crippen LogP contribution is 2.16. The summed E-state index contributed by atoms with van der Waals surface area (Å²) in [5, 5.41) is 3.17. The molecule has 1 aliphatic rings. The van der Waals surface area contributed by atoms with E-state index in [2.05, 4.69) is 20.2 Å². The van der Waals surface area contributed by atoms with Crippen LogP contribution in [0.1, 0.15) is 18.4 Å². The van der Waals surface area contributed by atoms with E-state index in [9.17, 15) is 9.18 Å². The van der Waals surface area contributed by atoms with E-state index in [1.165, 1.54) is 12.1 Å². The number of piperidine rings is 1. The number of carbonyl (C=O) groups is 1. The van der Waals surface area contributed by atoms with E-state index >= 15 is 0 Å². The zero-order chi connectivity index (χ0) is 20.6. The Balaban J connectivity index is 1.62. The summed E-state index contributed by atoms with van der Waals surface area (Å²) in [5.74, 6) is 0.422. The van der Waals surface area contributed by atoms with Gasteiger partial charge in [-0.15, -0.1) is 0 Å². The van der Waals surface area contributed by atoms with Gasteiger partial charge in [0.25, 0.3) is 0 Å². The second kappa shape index (κ2) is 10.2. The summed E-state index contributed by atoms with van der Waals surface area (Å²) in [6.45, 7) is 3.36. The second-order valence-electron chi connectivity index (χ2n) is 7.63. The largest absolute Gasteiger partial charge is 0.339 e. The number of benzene rings is 1. The molecule has 1 saturated heterocycles. The minimum atomic E-state index is -0.275. The van der Waals surface area contributed by atoms with Gasteiger partial charge in [-0.2, -0.15) is 0 Å². The van der Waals surface area contributed by atoms with Gasteiger partial charge in [-0.1, -0.05) is 12.1 Å². The van der Waals surface area contributed by atoms with Crippen molar-refractivity contribution in [1.82, 2.24) is 25.1 Å². The van der Waals surface area contributed by atoms with Gasteiger partial charge < -0.3 is 20.0 Å². The minimum absolute atomic E-state index is 0.0372. The summed E-state index contributed by atoms with van der Waals surface area (Å²) < 4.78 is 13.2. The summed E-state index contributed by atoms with van der Waals surface area (Å²) in [7, 11) is 3.96. The number of anilines is 1. The lowest BCUT2D eigenvalue weighted by atomic mass is 10.1. The van der Waals surface area contributed by atoms with Gasteiger partial charge in [-0.05, 0) is 50.7 Å². The van der Waals surface area contributed by atoms with Crippen molar-refractivity contribution in [2.75, 3.05) is 45.2 Å². The summed E-state index contributed by atoms with van der Waals surface area (Å²) in [6, 6.07) is 8.03. The maximum Gasteiger partial charge on any atom is 0.318 e. The molecule has 1 aromatic carbocycles. The molecule has 7 nitrogen and oxygen atoms in total. The molecule has 0 radical (unpaired) electrons. The third-order valence-electron chi connectivity index (χ3n) is 4.98. The molecule has 1 aliphatic heterocycles. The molecule has 8 heteroatoms. The van der Waals surface area contributed by atoms with Crippen LogP contribution in [0.2, 0.25) is 0 Å². The van der Waals surface area contributed by atoms with Gasteiger partial charge in [0.15, 0.2) is 0 Å². The number of urea groups is 1. The van der Waals surface area contributed by atoms with E-state index in [1.54, 1.807) is 35.5 Å². The van der Waals surface area contributed by atoms with Gasteiger partial charge in [-0.3, -0.25) is 0 Å². The highest BCUT2D eigenvalue weighted by Gasteiger charge is 2.25. The number of amides is 2. The molecular weight excluding hydrogens is 371 g/mol. The van der Waals surface area contributed by atoms with Crippen LogP contribution < -0.4 is 10.2 Å². The SMILES string of the molecule is CN(C)CCN(Cc1ccc(F)cc1)C(=O)N[C@@H]1CCCN(c2ncccn2)C1. The molecule has 0 spiro atoms. The lowest BCUT2D eigenvalue weighted by molar-refractivity contribution is 0.183. The first-order valence-corrected chi connectivity index (χ1v) is 9.98. The Morgan fingerprint density at radius 2 is 1.93 bits per heavy atom. The van der Waals surface area contributed by atoms with Gasteiger partial charge in [-0.25, -0.2) is 19.2 Å². The van der Waals surface area contributed by atoms with E-state index in [0.29, 0.717) is 25.6 Å². The monoisotopic (exact) mass is 400 g/mol. The number of aromatic nitrogens is 2. The number of halogens is 1. The molecule has 0 aliphatic carbocycles. The number of hydrogen-bond donors (Lipinski definition) is 1. The van der Waals surface area contributed by atoms with Crippen LogP contribution in [0, 0.1) is 5.82 Å². The Morgan fingerprint density at radius 3 is 2.62 bits per heavy atom. The quantitative estimate of drug-likeness (QED) is 0.773. The number of rotatable bonds is 7. The van der Waals surface area contributed by atoms with Crippen LogP contribution in [0.4, 0.5) is 15.1 Å². The first-order valence-electron chi connectivity index (χ1n) is 9.98. The Hall–Kier alpha value is -2.74. The molecule has 29 heavy (non-hydrogen) atoms. The smallest absolute Gasteiger partial charge is 0.318 e. The van der Waals surface area contributed by atoms with Crippen LogP contribution in [0.25, 0.3) is 0 Å². The van der Waals surface area contributed by atoms with Gasteiger partial charge in [0.05, 0.1) is 0 Å².